The fourth-order valence-corrected chi connectivity index (χ4v) is 3.84. The zero-order valence-electron chi connectivity index (χ0n) is 17.2. The number of aromatic amines is 1. The Bertz CT molecular complexity index is 1210. The third-order valence-electron chi connectivity index (χ3n) is 5.26. The van der Waals surface area contributed by atoms with Gasteiger partial charge in [-0.25, -0.2) is 4.79 Å². The number of para-hydroxylation sites is 1. The van der Waals surface area contributed by atoms with Gasteiger partial charge in [0.25, 0.3) is 5.69 Å². The lowest BCUT2D eigenvalue weighted by Crippen LogP contribution is -2.18. The molecule has 8 nitrogen and oxygen atoms in total. The number of nitro groups is 1. The minimum atomic E-state index is -0.434. The maximum Gasteiger partial charge on any atom is 0.332 e. The van der Waals surface area contributed by atoms with Crippen LogP contribution in [0.5, 0.6) is 0 Å². The molecule has 4 rings (SSSR count). The number of H-pyrrole nitrogens is 1. The zero-order valence-corrected chi connectivity index (χ0v) is 17.2. The van der Waals surface area contributed by atoms with E-state index in [0.717, 1.165) is 22.2 Å². The van der Waals surface area contributed by atoms with Crippen LogP contribution in [0.4, 0.5) is 5.69 Å². The number of benzene rings is 2. The molecule has 3 aromatic rings. The van der Waals surface area contributed by atoms with Crippen LogP contribution in [0.2, 0.25) is 0 Å². The van der Waals surface area contributed by atoms with Gasteiger partial charge in [0, 0.05) is 58.6 Å². The lowest BCUT2D eigenvalue weighted by molar-refractivity contribution is -0.384. The molecule has 1 aliphatic heterocycles. The minimum Gasteiger partial charge on any atom is -0.463 e. The average molecular weight is 418 g/mol. The second-order valence-corrected chi connectivity index (χ2v) is 7.25. The number of hydrogen-bond acceptors (Lipinski definition) is 6. The van der Waals surface area contributed by atoms with Gasteiger partial charge >= 0.3 is 5.97 Å². The Hall–Kier alpha value is -3.94. The van der Waals surface area contributed by atoms with Gasteiger partial charge in [0.2, 0.25) is 0 Å². The molecule has 8 heteroatoms. The number of nitrogens with zero attached hydrogens (tertiary/aromatic N) is 3. The summed E-state index contributed by atoms with van der Waals surface area (Å²) in [5.74, 6) is -0.434. The van der Waals surface area contributed by atoms with E-state index in [1.807, 2.05) is 36.5 Å². The molecule has 1 aromatic heterocycles. The topological polar surface area (TPSA) is 101 Å². The number of aromatic nitrogens is 1. The molecule has 0 amide bonds. The minimum absolute atomic E-state index is 0.0149. The Labute approximate surface area is 179 Å². The van der Waals surface area contributed by atoms with Gasteiger partial charge in [-0.15, -0.1) is 0 Å². The number of hydrogen-bond donors (Lipinski definition) is 1. The Balaban J connectivity index is 1.76. The Morgan fingerprint density at radius 2 is 2.13 bits per heavy atom. The maximum atomic E-state index is 12.0. The van der Waals surface area contributed by atoms with Crippen molar-refractivity contribution in [3.63, 3.8) is 0 Å². The van der Waals surface area contributed by atoms with E-state index in [1.165, 1.54) is 18.2 Å². The molecule has 158 valence electrons. The van der Waals surface area contributed by atoms with Crippen LogP contribution in [0.25, 0.3) is 10.9 Å². The molecule has 2 heterocycles. The fourth-order valence-electron chi connectivity index (χ4n) is 3.84. The van der Waals surface area contributed by atoms with E-state index in [9.17, 15) is 14.9 Å². The standard InChI is InChI=1S/C23H22N4O4/c1-3-31-23(28)11-15(2)26-22(19-14-24-20-10-5-4-9-18(19)20)13-21(25-26)16-7-6-8-17(12-16)27(29)30/h4-12,14,22,24H,3,13H2,1-2H3/b15-11-/t22-/m0/s1. The van der Waals surface area contributed by atoms with Crippen LogP contribution >= 0.6 is 0 Å². The summed E-state index contributed by atoms with van der Waals surface area (Å²) in [4.78, 5) is 26.1. The molecule has 0 saturated carbocycles. The van der Waals surface area contributed by atoms with E-state index in [-0.39, 0.29) is 18.3 Å². The number of carbonyl (C=O) groups excluding carboxylic acids is 1. The highest BCUT2D eigenvalue weighted by Gasteiger charge is 2.32. The van der Waals surface area contributed by atoms with Crippen LogP contribution in [0.1, 0.15) is 37.4 Å². The van der Waals surface area contributed by atoms with Gasteiger partial charge in [-0.1, -0.05) is 30.3 Å². The highest BCUT2D eigenvalue weighted by Crippen LogP contribution is 2.38. The van der Waals surface area contributed by atoms with E-state index in [2.05, 4.69) is 4.98 Å². The summed E-state index contributed by atoms with van der Waals surface area (Å²) in [6.07, 6.45) is 3.91. The number of hydrazone groups is 1. The second kappa shape index (κ2) is 8.43. The summed E-state index contributed by atoms with van der Waals surface area (Å²) in [5, 5.41) is 18.8. The molecule has 0 fully saturated rings. The monoisotopic (exact) mass is 418 g/mol. The van der Waals surface area contributed by atoms with Crippen molar-refractivity contribution in [3.05, 3.63) is 87.7 Å². The number of fused-ring (bicyclic) bond motifs is 1. The molecule has 1 atom stereocenters. The highest BCUT2D eigenvalue weighted by atomic mass is 16.6. The predicted octanol–water partition coefficient (Wildman–Crippen LogP) is 4.69. The lowest BCUT2D eigenvalue weighted by Gasteiger charge is -2.23. The lowest BCUT2D eigenvalue weighted by atomic mass is 9.97. The van der Waals surface area contributed by atoms with Crippen LogP contribution < -0.4 is 0 Å². The van der Waals surface area contributed by atoms with Crippen molar-refractivity contribution in [1.82, 2.24) is 9.99 Å². The zero-order chi connectivity index (χ0) is 22.0. The van der Waals surface area contributed by atoms with Crippen LogP contribution in [-0.2, 0) is 9.53 Å². The predicted molar refractivity (Wildman–Crippen MR) is 118 cm³/mol. The number of nitrogens with one attached hydrogen (secondary N) is 1. The summed E-state index contributed by atoms with van der Waals surface area (Å²) in [5.41, 5.74) is 4.10. The van der Waals surface area contributed by atoms with Crippen molar-refractivity contribution in [2.75, 3.05) is 6.61 Å². The summed E-state index contributed by atoms with van der Waals surface area (Å²) in [7, 11) is 0. The van der Waals surface area contributed by atoms with Gasteiger partial charge in [-0.05, 0) is 19.9 Å². The molecule has 1 aliphatic rings. The summed E-state index contributed by atoms with van der Waals surface area (Å²) >= 11 is 0. The SMILES string of the molecule is CCOC(=O)/C=C(/C)N1N=C(c2cccc([N+](=O)[O-])c2)C[C@H]1c1c[nH]c2ccccc12. The van der Waals surface area contributed by atoms with Crippen molar-refractivity contribution in [1.29, 1.82) is 0 Å². The molecule has 0 radical (unpaired) electrons. The number of carbonyl (C=O) groups is 1. The highest BCUT2D eigenvalue weighted by molar-refractivity contribution is 6.03. The normalized spacial score (nSPS) is 16.5. The average Bonchev–Trinajstić information content (AvgIpc) is 3.38. The summed E-state index contributed by atoms with van der Waals surface area (Å²) < 4.78 is 5.05. The Morgan fingerprint density at radius 3 is 2.90 bits per heavy atom. The van der Waals surface area contributed by atoms with Gasteiger partial charge in [-0.3, -0.25) is 15.1 Å². The molecule has 0 bridgehead atoms. The number of ether oxygens (including phenoxy) is 1. The van der Waals surface area contributed by atoms with E-state index in [1.54, 1.807) is 24.9 Å². The molecular formula is C23H22N4O4. The first-order valence-corrected chi connectivity index (χ1v) is 10.0. The van der Waals surface area contributed by atoms with Gasteiger partial charge in [0.05, 0.1) is 23.3 Å². The Morgan fingerprint density at radius 1 is 1.32 bits per heavy atom. The molecular weight excluding hydrogens is 396 g/mol. The number of nitro benzene ring substituents is 1. The van der Waals surface area contributed by atoms with Crippen molar-refractivity contribution in [2.24, 2.45) is 5.10 Å². The van der Waals surface area contributed by atoms with E-state index in [4.69, 9.17) is 9.84 Å². The number of non-ortho nitro benzene ring substituents is 1. The second-order valence-electron chi connectivity index (χ2n) is 7.25. The van der Waals surface area contributed by atoms with Crippen LogP contribution in [-0.4, -0.2) is 33.2 Å². The number of esters is 1. The first-order chi connectivity index (χ1) is 15.0. The maximum absolute atomic E-state index is 12.0. The third-order valence-corrected chi connectivity index (χ3v) is 5.26. The van der Waals surface area contributed by atoms with Gasteiger partial charge < -0.3 is 9.72 Å². The molecule has 0 spiro atoms. The number of allylic oxidation sites excluding steroid dienone is 1. The molecule has 2 aromatic carbocycles. The first-order valence-electron chi connectivity index (χ1n) is 10.0. The molecule has 31 heavy (non-hydrogen) atoms. The smallest absolute Gasteiger partial charge is 0.332 e. The molecule has 0 unspecified atom stereocenters. The van der Waals surface area contributed by atoms with Crippen molar-refractivity contribution in [2.45, 2.75) is 26.3 Å². The van der Waals surface area contributed by atoms with Gasteiger partial charge in [0.1, 0.15) is 0 Å². The Kier molecular flexibility index (Phi) is 5.53. The summed E-state index contributed by atoms with van der Waals surface area (Å²) in [6, 6.07) is 14.3. The largest absolute Gasteiger partial charge is 0.463 e. The molecule has 1 N–H and O–H groups in total. The fraction of sp³-hybridized carbons (Fsp3) is 0.217. The summed E-state index contributed by atoms with van der Waals surface area (Å²) in [6.45, 7) is 3.85. The van der Waals surface area contributed by atoms with Crippen LogP contribution in [0, 0.1) is 10.1 Å². The molecule has 0 saturated heterocycles. The van der Waals surface area contributed by atoms with E-state index in [0.29, 0.717) is 17.7 Å². The number of rotatable bonds is 6. The first kappa shape index (κ1) is 20.3. The van der Waals surface area contributed by atoms with Crippen molar-refractivity contribution >= 4 is 28.3 Å². The van der Waals surface area contributed by atoms with Crippen molar-refractivity contribution < 1.29 is 14.5 Å². The van der Waals surface area contributed by atoms with E-state index >= 15 is 0 Å². The molecule has 0 aliphatic carbocycles. The van der Waals surface area contributed by atoms with Crippen LogP contribution in [0.15, 0.2) is 71.6 Å². The van der Waals surface area contributed by atoms with Gasteiger partial charge in [-0.2, -0.15) is 5.10 Å². The third kappa shape index (κ3) is 4.05. The van der Waals surface area contributed by atoms with Crippen LogP contribution in [0.3, 0.4) is 0 Å². The van der Waals surface area contributed by atoms with E-state index < -0.39 is 10.9 Å². The van der Waals surface area contributed by atoms with Crippen molar-refractivity contribution in [3.8, 4) is 0 Å². The van der Waals surface area contributed by atoms with Gasteiger partial charge in [0.15, 0.2) is 0 Å². The quantitative estimate of drug-likeness (QED) is 0.271.